The number of nitrogens with one attached hydrogen (secondary N) is 1. The van der Waals surface area contributed by atoms with Gasteiger partial charge in [-0.05, 0) is 26.3 Å². The van der Waals surface area contributed by atoms with Gasteiger partial charge in [0.1, 0.15) is 0 Å². The summed E-state index contributed by atoms with van der Waals surface area (Å²) in [6.07, 6.45) is 0.159. The van der Waals surface area contributed by atoms with Gasteiger partial charge >= 0.3 is 5.97 Å². The highest BCUT2D eigenvalue weighted by Gasteiger charge is 2.40. The topological polar surface area (TPSA) is 75.7 Å². The van der Waals surface area contributed by atoms with Gasteiger partial charge in [0.05, 0.1) is 13.0 Å². The second-order valence-electron chi connectivity index (χ2n) is 6.95. The monoisotopic (exact) mass is 332 g/mol. The van der Waals surface area contributed by atoms with Crippen molar-refractivity contribution in [3.8, 4) is 0 Å². The Balaban J connectivity index is 2.12. The van der Waals surface area contributed by atoms with Crippen molar-refractivity contribution in [3.05, 3.63) is 35.9 Å². The lowest BCUT2D eigenvalue weighted by atomic mass is 10.0. The van der Waals surface area contributed by atoms with Gasteiger partial charge < -0.3 is 15.0 Å². The molecule has 1 heterocycles. The van der Waals surface area contributed by atoms with Crippen LogP contribution in [0.4, 0.5) is 0 Å². The Labute approximate surface area is 142 Å². The predicted molar refractivity (Wildman–Crippen MR) is 88.9 cm³/mol. The molecule has 0 spiro atoms. The Morgan fingerprint density at radius 3 is 2.38 bits per heavy atom. The van der Waals surface area contributed by atoms with Crippen LogP contribution >= 0.6 is 0 Å². The van der Waals surface area contributed by atoms with Gasteiger partial charge in [0, 0.05) is 18.5 Å². The molecular weight excluding hydrogens is 308 g/mol. The third-order valence-corrected chi connectivity index (χ3v) is 4.16. The van der Waals surface area contributed by atoms with Gasteiger partial charge in [-0.3, -0.25) is 9.59 Å². The smallest absolute Gasteiger partial charge is 0.333 e. The molecule has 1 aliphatic heterocycles. The fourth-order valence-corrected chi connectivity index (χ4v) is 2.83. The van der Waals surface area contributed by atoms with E-state index in [1.54, 1.807) is 29.2 Å². The average molecular weight is 332 g/mol. The molecule has 130 valence electrons. The van der Waals surface area contributed by atoms with E-state index in [0.717, 1.165) is 0 Å². The lowest BCUT2D eigenvalue weighted by Gasteiger charge is -2.32. The van der Waals surface area contributed by atoms with Gasteiger partial charge in [0.15, 0.2) is 6.04 Å². The van der Waals surface area contributed by atoms with Crippen LogP contribution in [-0.4, -0.2) is 41.9 Å². The number of hydrogen-bond donors (Lipinski definition) is 1. The van der Waals surface area contributed by atoms with Crippen molar-refractivity contribution in [3.63, 3.8) is 0 Å². The van der Waals surface area contributed by atoms with Gasteiger partial charge in [0.25, 0.3) is 0 Å². The number of methoxy groups -OCH3 is 1. The fourth-order valence-electron chi connectivity index (χ4n) is 2.83. The van der Waals surface area contributed by atoms with E-state index in [1.807, 2.05) is 26.8 Å². The first-order valence-corrected chi connectivity index (χ1v) is 7.97. The second-order valence-corrected chi connectivity index (χ2v) is 6.95. The van der Waals surface area contributed by atoms with Crippen molar-refractivity contribution in [1.82, 2.24) is 10.2 Å². The van der Waals surface area contributed by atoms with Crippen molar-refractivity contribution < 1.29 is 19.1 Å². The van der Waals surface area contributed by atoms with Crippen LogP contribution in [-0.2, 0) is 19.1 Å². The van der Waals surface area contributed by atoms with Crippen molar-refractivity contribution in [2.45, 2.75) is 38.8 Å². The number of benzene rings is 1. The standard InChI is InChI=1S/C18H24N2O4/c1-18(2,3)20-11-13(10-14(20)21)16(22)19-15(17(23)24-4)12-8-6-5-7-9-12/h5-9,13,15H,10-11H2,1-4H3,(H,19,22). The SMILES string of the molecule is COC(=O)C(NC(=O)C1CC(=O)N(C(C)(C)C)C1)c1ccccc1. The summed E-state index contributed by atoms with van der Waals surface area (Å²) in [7, 11) is 1.28. The number of esters is 1. The van der Waals surface area contributed by atoms with Crippen molar-refractivity contribution in [1.29, 1.82) is 0 Å². The van der Waals surface area contributed by atoms with Crippen LogP contribution in [0.1, 0.15) is 38.8 Å². The first-order valence-electron chi connectivity index (χ1n) is 7.97. The van der Waals surface area contributed by atoms with Crippen LogP contribution < -0.4 is 5.32 Å². The van der Waals surface area contributed by atoms with E-state index in [-0.39, 0.29) is 23.8 Å². The van der Waals surface area contributed by atoms with E-state index >= 15 is 0 Å². The lowest BCUT2D eigenvalue weighted by molar-refractivity contribution is -0.145. The Kier molecular flexibility index (Phi) is 5.26. The highest BCUT2D eigenvalue weighted by molar-refractivity contribution is 5.92. The number of amides is 2. The first-order chi connectivity index (χ1) is 11.2. The molecule has 0 bridgehead atoms. The molecule has 1 fully saturated rings. The van der Waals surface area contributed by atoms with Crippen LogP contribution in [0.3, 0.4) is 0 Å². The Hall–Kier alpha value is -2.37. The highest BCUT2D eigenvalue weighted by atomic mass is 16.5. The first kappa shape index (κ1) is 18.0. The van der Waals surface area contributed by atoms with Gasteiger partial charge in [-0.25, -0.2) is 4.79 Å². The van der Waals surface area contributed by atoms with E-state index in [4.69, 9.17) is 4.74 Å². The summed E-state index contributed by atoms with van der Waals surface area (Å²) in [4.78, 5) is 38.4. The predicted octanol–water partition coefficient (Wildman–Crippen LogP) is 1.66. The Bertz CT molecular complexity index is 622. The molecule has 24 heavy (non-hydrogen) atoms. The molecule has 0 saturated carbocycles. The number of ether oxygens (including phenoxy) is 1. The van der Waals surface area contributed by atoms with E-state index in [0.29, 0.717) is 12.1 Å². The minimum absolute atomic E-state index is 0.0445. The molecule has 1 aromatic rings. The summed E-state index contributed by atoms with van der Waals surface area (Å²) in [5.74, 6) is -1.36. The maximum Gasteiger partial charge on any atom is 0.333 e. The zero-order chi connectivity index (χ0) is 17.9. The summed E-state index contributed by atoms with van der Waals surface area (Å²) in [6.45, 7) is 6.17. The number of rotatable bonds is 4. The molecule has 1 aromatic carbocycles. The van der Waals surface area contributed by atoms with Crippen molar-refractivity contribution in [2.75, 3.05) is 13.7 Å². The molecule has 0 aliphatic carbocycles. The minimum atomic E-state index is -0.873. The van der Waals surface area contributed by atoms with Gasteiger partial charge in [0.2, 0.25) is 11.8 Å². The minimum Gasteiger partial charge on any atom is -0.467 e. The molecule has 1 aliphatic rings. The average Bonchev–Trinajstić information content (AvgIpc) is 2.94. The number of carbonyl (C=O) groups excluding carboxylic acids is 3. The van der Waals surface area contributed by atoms with E-state index in [2.05, 4.69) is 5.32 Å². The van der Waals surface area contributed by atoms with Crippen molar-refractivity contribution >= 4 is 17.8 Å². The molecule has 2 unspecified atom stereocenters. The third kappa shape index (κ3) is 3.93. The van der Waals surface area contributed by atoms with Crippen molar-refractivity contribution in [2.24, 2.45) is 5.92 Å². The molecule has 2 atom stereocenters. The summed E-state index contributed by atoms with van der Waals surface area (Å²) >= 11 is 0. The highest BCUT2D eigenvalue weighted by Crippen LogP contribution is 2.26. The van der Waals surface area contributed by atoms with Crippen LogP contribution in [0, 0.1) is 5.92 Å². The Morgan fingerprint density at radius 1 is 1.25 bits per heavy atom. The molecule has 2 amide bonds. The molecule has 6 nitrogen and oxygen atoms in total. The summed E-state index contributed by atoms with van der Waals surface area (Å²) < 4.78 is 4.80. The van der Waals surface area contributed by atoms with Gasteiger partial charge in [-0.15, -0.1) is 0 Å². The zero-order valence-corrected chi connectivity index (χ0v) is 14.5. The zero-order valence-electron chi connectivity index (χ0n) is 14.5. The summed E-state index contributed by atoms with van der Waals surface area (Å²) in [6, 6.07) is 8.04. The third-order valence-electron chi connectivity index (χ3n) is 4.16. The molecule has 0 aromatic heterocycles. The normalized spacial score (nSPS) is 19.1. The molecule has 1 N–H and O–H groups in total. The number of likely N-dealkylation sites (tertiary alicyclic amines) is 1. The molecule has 6 heteroatoms. The van der Waals surface area contributed by atoms with E-state index in [1.165, 1.54) is 7.11 Å². The summed E-state index contributed by atoms with van der Waals surface area (Å²) in [5, 5.41) is 2.73. The lowest BCUT2D eigenvalue weighted by Crippen LogP contribution is -2.44. The second kappa shape index (κ2) is 7.03. The maximum atomic E-state index is 12.6. The number of nitrogens with zero attached hydrogens (tertiary/aromatic N) is 1. The van der Waals surface area contributed by atoms with Gasteiger partial charge in [-0.2, -0.15) is 0 Å². The Morgan fingerprint density at radius 2 is 1.88 bits per heavy atom. The van der Waals surface area contributed by atoms with Crippen LogP contribution in [0.25, 0.3) is 0 Å². The molecule has 1 saturated heterocycles. The largest absolute Gasteiger partial charge is 0.467 e. The van der Waals surface area contributed by atoms with Crippen LogP contribution in [0.15, 0.2) is 30.3 Å². The van der Waals surface area contributed by atoms with Crippen LogP contribution in [0.2, 0.25) is 0 Å². The van der Waals surface area contributed by atoms with E-state index in [9.17, 15) is 14.4 Å². The molecule has 0 radical (unpaired) electrons. The number of carbonyl (C=O) groups is 3. The molecular formula is C18H24N2O4. The fraction of sp³-hybridized carbons (Fsp3) is 0.500. The maximum absolute atomic E-state index is 12.6. The summed E-state index contributed by atoms with van der Waals surface area (Å²) in [5.41, 5.74) is 0.322. The quantitative estimate of drug-likeness (QED) is 0.851. The van der Waals surface area contributed by atoms with E-state index < -0.39 is 17.9 Å². The molecule has 2 rings (SSSR count). The number of hydrogen-bond acceptors (Lipinski definition) is 4. The van der Waals surface area contributed by atoms with Gasteiger partial charge in [-0.1, -0.05) is 30.3 Å². The van der Waals surface area contributed by atoms with Crippen LogP contribution in [0.5, 0.6) is 0 Å².